The summed E-state index contributed by atoms with van der Waals surface area (Å²) < 4.78 is 5.23. The van der Waals surface area contributed by atoms with E-state index in [1.165, 1.54) is 0 Å². The van der Waals surface area contributed by atoms with Gasteiger partial charge in [-0.25, -0.2) is 4.79 Å². The van der Waals surface area contributed by atoms with Gasteiger partial charge >= 0.3 is 5.97 Å². The van der Waals surface area contributed by atoms with Gasteiger partial charge in [-0.05, 0) is 69.4 Å². The number of carbonyl (C=O) groups excluding carboxylic acids is 1. The van der Waals surface area contributed by atoms with Crippen molar-refractivity contribution >= 4 is 22.6 Å². The number of carbonyl (C=O) groups is 1. The number of fused-ring (bicyclic) bond motifs is 1. The van der Waals surface area contributed by atoms with Crippen LogP contribution in [0.25, 0.3) is 22.0 Å². The number of ether oxygens (including phenoxy) is 1. The maximum Gasteiger partial charge on any atom is 0.341 e. The Morgan fingerprint density at radius 1 is 1.17 bits per heavy atom. The summed E-state index contributed by atoms with van der Waals surface area (Å²) in [6, 6.07) is 13.0. The molecule has 0 spiro atoms. The van der Waals surface area contributed by atoms with Gasteiger partial charge in [0.25, 0.3) is 0 Å². The highest BCUT2D eigenvalue weighted by Crippen LogP contribution is 2.32. The van der Waals surface area contributed by atoms with E-state index < -0.39 is 0 Å². The van der Waals surface area contributed by atoms with E-state index in [-0.39, 0.29) is 11.7 Å². The zero-order valence-corrected chi connectivity index (χ0v) is 17.1. The van der Waals surface area contributed by atoms with Crippen molar-refractivity contribution in [1.82, 2.24) is 9.88 Å². The van der Waals surface area contributed by atoms with E-state index in [2.05, 4.69) is 15.2 Å². The second-order valence-corrected chi connectivity index (χ2v) is 7.13. The molecule has 3 rings (SSSR count). The van der Waals surface area contributed by atoms with Crippen LogP contribution >= 0.6 is 0 Å². The molecule has 1 aromatic heterocycles. The number of anilines is 1. The van der Waals surface area contributed by atoms with Gasteiger partial charge < -0.3 is 20.1 Å². The van der Waals surface area contributed by atoms with E-state index in [1.807, 2.05) is 44.4 Å². The third-order valence-electron chi connectivity index (χ3n) is 4.63. The zero-order valence-electron chi connectivity index (χ0n) is 17.1. The molecule has 1 heterocycles. The van der Waals surface area contributed by atoms with Crippen LogP contribution in [-0.2, 0) is 4.74 Å². The molecule has 0 unspecified atom stereocenters. The Morgan fingerprint density at radius 3 is 2.69 bits per heavy atom. The number of benzene rings is 2. The Balaban J connectivity index is 2.05. The molecule has 6 heteroatoms. The number of hydrogen-bond donors (Lipinski definition) is 2. The first-order chi connectivity index (χ1) is 14.0. The molecular weight excluding hydrogens is 366 g/mol. The molecule has 0 amide bonds. The van der Waals surface area contributed by atoms with Crippen LogP contribution in [0.1, 0.15) is 23.7 Å². The lowest BCUT2D eigenvalue weighted by Gasteiger charge is -2.16. The monoisotopic (exact) mass is 393 g/mol. The minimum Gasteiger partial charge on any atom is -0.508 e. The van der Waals surface area contributed by atoms with Crippen LogP contribution in [0.3, 0.4) is 0 Å². The van der Waals surface area contributed by atoms with Crippen LogP contribution in [0.5, 0.6) is 5.75 Å². The van der Waals surface area contributed by atoms with Crippen LogP contribution in [0.2, 0.25) is 0 Å². The maximum atomic E-state index is 12.5. The van der Waals surface area contributed by atoms with Gasteiger partial charge in [-0.15, -0.1) is 0 Å². The van der Waals surface area contributed by atoms with Crippen LogP contribution < -0.4 is 5.32 Å². The molecule has 2 N–H and O–H groups in total. The summed E-state index contributed by atoms with van der Waals surface area (Å²) >= 11 is 0. The van der Waals surface area contributed by atoms with Crippen molar-refractivity contribution < 1.29 is 14.6 Å². The first-order valence-corrected chi connectivity index (χ1v) is 9.77. The lowest BCUT2D eigenvalue weighted by Crippen LogP contribution is -2.17. The molecule has 0 saturated carbocycles. The fraction of sp³-hybridized carbons (Fsp3) is 0.304. The molecule has 0 fully saturated rings. The summed E-state index contributed by atoms with van der Waals surface area (Å²) in [5, 5.41) is 14.1. The Morgan fingerprint density at radius 2 is 1.97 bits per heavy atom. The van der Waals surface area contributed by atoms with Crippen molar-refractivity contribution in [2.75, 3.05) is 39.1 Å². The molecule has 3 aromatic rings. The van der Waals surface area contributed by atoms with E-state index in [9.17, 15) is 9.90 Å². The number of rotatable bonds is 8. The topological polar surface area (TPSA) is 74.7 Å². The fourth-order valence-corrected chi connectivity index (χ4v) is 3.22. The highest BCUT2D eigenvalue weighted by Gasteiger charge is 2.17. The van der Waals surface area contributed by atoms with Gasteiger partial charge in [-0.2, -0.15) is 0 Å². The molecule has 0 radical (unpaired) electrons. The van der Waals surface area contributed by atoms with E-state index >= 15 is 0 Å². The summed E-state index contributed by atoms with van der Waals surface area (Å²) in [5.41, 5.74) is 3.78. The number of phenols is 1. The highest BCUT2D eigenvalue weighted by molar-refractivity contribution is 6.05. The minimum atomic E-state index is -0.389. The van der Waals surface area contributed by atoms with E-state index in [0.29, 0.717) is 12.2 Å². The normalized spacial score (nSPS) is 11.0. The standard InChI is InChI=1S/C23H27N3O3/c1-4-29-23(28)20-15-25-21-10-9-17(16-7-5-8-18(27)13-16)14-19(21)22(20)24-11-6-12-26(2)3/h5,7-10,13-15,27H,4,6,11-12H2,1-3H3,(H,24,25). The summed E-state index contributed by atoms with van der Waals surface area (Å²) in [5.74, 6) is -0.178. The Labute approximate surface area is 171 Å². The van der Waals surface area contributed by atoms with Crippen molar-refractivity contribution in [2.24, 2.45) is 0 Å². The summed E-state index contributed by atoms with van der Waals surface area (Å²) in [6.07, 6.45) is 2.51. The number of hydrogen-bond acceptors (Lipinski definition) is 6. The number of nitrogens with zero attached hydrogens (tertiary/aromatic N) is 2. The Bertz CT molecular complexity index is 1000. The van der Waals surface area contributed by atoms with Crippen LogP contribution in [0, 0.1) is 0 Å². The van der Waals surface area contributed by atoms with Crippen molar-refractivity contribution in [3.8, 4) is 16.9 Å². The van der Waals surface area contributed by atoms with Gasteiger partial charge in [-0.3, -0.25) is 4.98 Å². The van der Waals surface area contributed by atoms with Gasteiger partial charge in [-0.1, -0.05) is 18.2 Å². The SMILES string of the molecule is CCOC(=O)c1cnc2ccc(-c3cccc(O)c3)cc2c1NCCCN(C)C. The summed E-state index contributed by atoms with van der Waals surface area (Å²) in [4.78, 5) is 19.1. The number of pyridine rings is 1. The largest absolute Gasteiger partial charge is 0.508 e. The lowest BCUT2D eigenvalue weighted by atomic mass is 10.0. The number of phenolic OH excluding ortho intramolecular Hbond substituents is 1. The van der Waals surface area contributed by atoms with Crippen LogP contribution in [0.15, 0.2) is 48.7 Å². The third-order valence-corrected chi connectivity index (χ3v) is 4.63. The predicted molar refractivity (Wildman–Crippen MR) is 116 cm³/mol. The van der Waals surface area contributed by atoms with Gasteiger partial charge in [0.05, 0.1) is 17.8 Å². The Hall–Kier alpha value is -3.12. The highest BCUT2D eigenvalue weighted by atomic mass is 16.5. The average Bonchev–Trinajstić information content (AvgIpc) is 2.70. The lowest BCUT2D eigenvalue weighted by molar-refractivity contribution is 0.0527. The number of esters is 1. The fourth-order valence-electron chi connectivity index (χ4n) is 3.22. The maximum absolute atomic E-state index is 12.5. The number of aromatic hydroxyl groups is 1. The molecule has 0 aliphatic rings. The van der Waals surface area contributed by atoms with Crippen LogP contribution in [0.4, 0.5) is 5.69 Å². The molecule has 6 nitrogen and oxygen atoms in total. The smallest absolute Gasteiger partial charge is 0.341 e. The Kier molecular flexibility index (Phi) is 6.67. The van der Waals surface area contributed by atoms with Gasteiger partial charge in [0.15, 0.2) is 0 Å². The van der Waals surface area contributed by atoms with Crippen molar-refractivity contribution in [2.45, 2.75) is 13.3 Å². The van der Waals surface area contributed by atoms with Crippen molar-refractivity contribution in [3.63, 3.8) is 0 Å². The van der Waals surface area contributed by atoms with Crippen molar-refractivity contribution in [1.29, 1.82) is 0 Å². The molecule has 0 bridgehead atoms. The molecule has 2 aromatic carbocycles. The second-order valence-electron chi connectivity index (χ2n) is 7.13. The molecule has 0 atom stereocenters. The average molecular weight is 393 g/mol. The summed E-state index contributed by atoms with van der Waals surface area (Å²) in [6.45, 7) is 3.76. The van der Waals surface area contributed by atoms with Gasteiger partial charge in [0, 0.05) is 18.1 Å². The quantitative estimate of drug-likeness (QED) is 0.442. The van der Waals surface area contributed by atoms with Crippen LogP contribution in [-0.4, -0.2) is 54.8 Å². The molecular formula is C23H27N3O3. The first kappa shape index (κ1) is 20.6. The van der Waals surface area contributed by atoms with Gasteiger partial charge in [0.2, 0.25) is 0 Å². The predicted octanol–water partition coefficient (Wildman–Crippen LogP) is 4.15. The minimum absolute atomic E-state index is 0.211. The number of aromatic nitrogens is 1. The molecule has 0 aliphatic carbocycles. The van der Waals surface area contributed by atoms with Gasteiger partial charge in [0.1, 0.15) is 11.3 Å². The van der Waals surface area contributed by atoms with Crippen molar-refractivity contribution in [3.05, 3.63) is 54.2 Å². The first-order valence-electron chi connectivity index (χ1n) is 9.77. The van der Waals surface area contributed by atoms with E-state index in [4.69, 9.17) is 4.74 Å². The van der Waals surface area contributed by atoms with E-state index in [1.54, 1.807) is 25.3 Å². The number of nitrogens with one attached hydrogen (secondary N) is 1. The van der Waals surface area contributed by atoms with E-state index in [0.717, 1.165) is 47.2 Å². The summed E-state index contributed by atoms with van der Waals surface area (Å²) in [7, 11) is 4.07. The molecule has 0 aliphatic heterocycles. The zero-order chi connectivity index (χ0) is 20.8. The molecule has 29 heavy (non-hydrogen) atoms. The third kappa shape index (κ3) is 5.03. The second kappa shape index (κ2) is 9.39. The molecule has 152 valence electrons. The molecule has 0 saturated heterocycles.